The molecular weight excluding hydrogens is 1020 g/mol. The number of benzene rings is 2. The number of carbonyl (C=O) groups is 9. The number of nitrogens with zero attached hydrogens (tertiary/aromatic N) is 1. The molecule has 20 heteroatoms. The molecule has 7 N–H and O–H groups in total. The molecule has 0 spiro atoms. The molecule has 0 unspecified atom stereocenters. The van der Waals surface area contributed by atoms with Crippen LogP contribution >= 0.6 is 0 Å². The lowest BCUT2D eigenvalue weighted by atomic mass is 8.94. The number of allylic oxidation sites excluding steroid dienone is 4. The van der Waals surface area contributed by atoms with Crippen molar-refractivity contribution in [2.45, 2.75) is 108 Å². The number of carboxylic acids is 1. The smallest absolute Gasteiger partial charge is 0.407 e. The maximum Gasteiger partial charge on any atom is 0.407 e. The van der Waals surface area contributed by atoms with Crippen LogP contribution in [0, 0.1) is 69.5 Å². The van der Waals surface area contributed by atoms with Crippen LogP contribution in [0.3, 0.4) is 0 Å². The van der Waals surface area contributed by atoms with Gasteiger partial charge in [0.1, 0.15) is 19.3 Å². The third kappa shape index (κ3) is 7.14. The SMILES string of the molecule is C[C@]12C=CC(=O)C=C1CC[C@@H]1[C@@H]2[C@@H](O)C[C@@]2(C)[C@H]1C[C@H]1O[C@@H](c3ccc(CC45C6C7C4C4C5C6C74NC(=O)OCc4ccc(NC(=O)[C@H](CCC(=O)O)NC(=O)CNC(=O)CCN5C(=O)C=CC5=O)cc4)cc3)O[C@]12C(=O)CO. The van der Waals surface area contributed by atoms with Crippen molar-refractivity contribution in [2.24, 2.45) is 69.5 Å². The Labute approximate surface area is 454 Å². The Hall–Kier alpha value is -6.87. The van der Waals surface area contributed by atoms with Crippen LogP contribution in [-0.4, -0.2) is 122 Å². The van der Waals surface area contributed by atoms with Crippen molar-refractivity contribution in [1.82, 2.24) is 20.9 Å². The van der Waals surface area contributed by atoms with E-state index in [-0.39, 0.29) is 60.5 Å². The standard InChI is InChI=1S/C59H63N5O15/c1-55-19-17-33(66)21-31(55)9-12-34-35-22-39-59(38(68)26-65,56(35,2)24-37(67)45(34)55)79-53(78-39)30-7-3-28(4-8-30)23-57-46-49-47(57)51-48(57)50(46)58(49,51)63-54(76)77-27-29-5-10-32(11-6-29)61-52(75)36(13-16-44(73)74)62-41(70)25-60-40(69)18-20-64-42(71)14-15-43(64)72/h3-8,10-11,14-15,17,19,21,34-37,39,45-51,53,65,67H,9,12-13,16,18,20,22-27H2,1-2H3,(H,60,69)(H,61,75)(H,62,70)(H,63,76)(H,73,74)/t34-,35-,36-,37-,39+,45+,46?,47?,48?,49?,50?,51?,53+,55-,56-,57?,58?,59+/m0/s1. The average Bonchev–Trinajstić information content (AvgIpc) is 0.900. The summed E-state index contributed by atoms with van der Waals surface area (Å²) in [4.78, 5) is 113. The van der Waals surface area contributed by atoms with E-state index in [1.54, 1.807) is 36.4 Å². The summed E-state index contributed by atoms with van der Waals surface area (Å²) in [6.45, 7) is 2.74. The lowest BCUT2D eigenvalue weighted by Gasteiger charge is -3.11. The highest BCUT2D eigenvalue weighted by Crippen LogP contribution is 3.07. The molecule has 1 saturated heterocycles. The molecule has 2 heterocycles. The van der Waals surface area contributed by atoms with E-state index in [2.05, 4.69) is 40.3 Å². The Morgan fingerprint density at radius 2 is 1.53 bits per heavy atom. The number of aliphatic hydroxyl groups excluding tert-OH is 2. The number of anilines is 1. The highest BCUT2D eigenvalue weighted by atomic mass is 16.7. The fraction of sp³-hybridized carbons (Fsp3) is 0.542. The van der Waals surface area contributed by atoms with Crippen LogP contribution in [0.5, 0.6) is 0 Å². The fourth-order valence-electron chi connectivity index (χ4n) is 18.5. The summed E-state index contributed by atoms with van der Waals surface area (Å²) in [7, 11) is 0. The van der Waals surface area contributed by atoms with Crippen molar-refractivity contribution in [3.8, 4) is 0 Å². The van der Waals surface area contributed by atoms with Crippen molar-refractivity contribution in [1.29, 1.82) is 0 Å². The van der Waals surface area contributed by atoms with E-state index < -0.39 is 108 Å². The number of aliphatic carboxylic acids is 1. The number of imide groups is 1. The van der Waals surface area contributed by atoms with Gasteiger partial charge in [-0.2, -0.15) is 0 Å². The van der Waals surface area contributed by atoms with Crippen LogP contribution < -0.4 is 21.3 Å². The van der Waals surface area contributed by atoms with Crippen LogP contribution in [0.1, 0.15) is 81.8 Å². The lowest BCUT2D eigenvalue weighted by Crippen LogP contribution is -3.15. The minimum absolute atomic E-state index is 0.00687. The monoisotopic (exact) mass is 1080 g/mol. The van der Waals surface area contributed by atoms with E-state index in [0.29, 0.717) is 59.6 Å². The molecule has 12 aliphatic rings. The summed E-state index contributed by atoms with van der Waals surface area (Å²) in [6.07, 6.45) is 7.32. The first kappa shape index (κ1) is 51.6. The van der Waals surface area contributed by atoms with Gasteiger partial charge in [-0.15, -0.1) is 0 Å². The predicted molar refractivity (Wildman–Crippen MR) is 274 cm³/mol. The average molecular weight is 1080 g/mol. The predicted octanol–water partition coefficient (Wildman–Crippen LogP) is 2.97. The van der Waals surface area contributed by atoms with Gasteiger partial charge in [0.2, 0.25) is 17.7 Å². The van der Waals surface area contributed by atoms with Gasteiger partial charge in [0, 0.05) is 59.5 Å². The molecule has 414 valence electrons. The largest absolute Gasteiger partial charge is 0.481 e. The molecule has 10 fully saturated rings. The summed E-state index contributed by atoms with van der Waals surface area (Å²) < 4.78 is 19.2. The zero-order chi connectivity index (χ0) is 55.3. The topological polar surface area (TPSA) is 293 Å². The third-order valence-corrected chi connectivity index (χ3v) is 21.5. The summed E-state index contributed by atoms with van der Waals surface area (Å²) in [5.41, 5.74) is 1.45. The number of hydrogen-bond donors (Lipinski definition) is 7. The van der Waals surface area contributed by atoms with E-state index in [9.17, 15) is 58.5 Å². The van der Waals surface area contributed by atoms with Gasteiger partial charge in [-0.3, -0.25) is 43.3 Å². The highest BCUT2D eigenvalue weighted by Gasteiger charge is 3.10. The molecule has 10 atom stereocenters. The van der Waals surface area contributed by atoms with Crippen LogP contribution in [-0.2, 0) is 65.6 Å². The molecule has 0 radical (unpaired) electrons. The Morgan fingerprint density at radius 3 is 2.20 bits per heavy atom. The summed E-state index contributed by atoms with van der Waals surface area (Å²) in [5, 5.41) is 42.5. The number of alkyl carbamates (subject to hydrolysis) is 1. The minimum atomic E-state index is -1.42. The number of fused-ring (bicyclic) bond motifs is 7. The van der Waals surface area contributed by atoms with Gasteiger partial charge in [-0.05, 0) is 127 Å². The number of amides is 6. The van der Waals surface area contributed by atoms with Crippen molar-refractivity contribution >= 4 is 58.9 Å². The van der Waals surface area contributed by atoms with Crippen LogP contribution in [0.15, 0.2) is 84.5 Å². The van der Waals surface area contributed by atoms with E-state index in [1.165, 1.54) is 5.56 Å². The summed E-state index contributed by atoms with van der Waals surface area (Å²) in [5.74, 6) is -1.83. The van der Waals surface area contributed by atoms with Crippen LogP contribution in [0.25, 0.3) is 0 Å². The lowest BCUT2D eigenvalue weighted by molar-refractivity contribution is -0.624. The van der Waals surface area contributed by atoms with Crippen molar-refractivity contribution in [2.75, 3.05) is 25.0 Å². The number of carboxylic acid groups (broad SMARTS) is 1. The molecule has 2 aliphatic heterocycles. The Kier molecular flexibility index (Phi) is 11.8. The molecule has 2 aromatic rings. The molecular formula is C59H63N5O15. The van der Waals surface area contributed by atoms with Crippen molar-refractivity contribution < 1.29 is 72.7 Å². The number of rotatable bonds is 19. The van der Waals surface area contributed by atoms with E-state index in [1.807, 2.05) is 25.1 Å². The number of carbonyl (C=O) groups excluding carboxylic acids is 8. The van der Waals surface area contributed by atoms with Crippen molar-refractivity contribution in [3.63, 3.8) is 0 Å². The summed E-state index contributed by atoms with van der Waals surface area (Å²) in [6, 6.07) is 13.6. The van der Waals surface area contributed by atoms with Gasteiger partial charge in [-0.25, -0.2) is 4.79 Å². The highest BCUT2D eigenvalue weighted by molar-refractivity contribution is 6.13. The number of aliphatic hydroxyl groups is 2. The number of ether oxygens (including phenoxy) is 3. The molecule has 0 bridgehead atoms. The summed E-state index contributed by atoms with van der Waals surface area (Å²) >= 11 is 0. The van der Waals surface area contributed by atoms with Crippen LogP contribution in [0.2, 0.25) is 0 Å². The quantitative estimate of drug-likeness (QED) is 0.0996. The van der Waals surface area contributed by atoms with Gasteiger partial charge < -0.3 is 50.8 Å². The Balaban J connectivity index is 0.574. The molecule has 2 aromatic carbocycles. The second kappa shape index (κ2) is 18.1. The maximum absolute atomic E-state index is 14.1. The second-order valence-corrected chi connectivity index (χ2v) is 24.6. The molecule has 0 aromatic heterocycles. The van der Waals surface area contributed by atoms with E-state index in [0.717, 1.165) is 47.5 Å². The first-order chi connectivity index (χ1) is 37.8. The molecule has 20 nitrogen and oxygen atoms in total. The Bertz CT molecular complexity index is 3060. The molecule has 79 heavy (non-hydrogen) atoms. The van der Waals surface area contributed by atoms with Crippen molar-refractivity contribution in [3.05, 3.63) is 101 Å². The zero-order valence-electron chi connectivity index (χ0n) is 43.7. The van der Waals surface area contributed by atoms with E-state index >= 15 is 0 Å². The number of ketones is 2. The molecule has 14 rings (SSSR count). The maximum atomic E-state index is 14.1. The number of Topliss-reactive ketones (excluding diaryl/α,β-unsaturated/α-hetero) is 1. The number of hydrogen-bond acceptors (Lipinski definition) is 14. The van der Waals surface area contributed by atoms with Crippen LogP contribution in [0.4, 0.5) is 10.5 Å². The van der Waals surface area contributed by atoms with Gasteiger partial charge in [-0.1, -0.05) is 61.9 Å². The number of nitrogens with one attached hydrogen (secondary N) is 4. The normalized spacial score (nSPS) is 39.6. The van der Waals surface area contributed by atoms with Gasteiger partial charge in [0.25, 0.3) is 11.8 Å². The van der Waals surface area contributed by atoms with Gasteiger partial charge >= 0.3 is 12.1 Å². The molecule has 9 saturated carbocycles. The van der Waals surface area contributed by atoms with Gasteiger partial charge in [0.15, 0.2) is 23.5 Å². The third-order valence-electron chi connectivity index (χ3n) is 21.5. The second-order valence-electron chi connectivity index (χ2n) is 24.6. The first-order valence-corrected chi connectivity index (χ1v) is 27.6. The minimum Gasteiger partial charge on any atom is -0.481 e. The molecule has 10 aliphatic carbocycles. The zero-order valence-corrected chi connectivity index (χ0v) is 43.7. The molecule has 6 amide bonds. The van der Waals surface area contributed by atoms with Gasteiger partial charge in [0.05, 0.1) is 24.3 Å². The fourth-order valence-corrected chi connectivity index (χ4v) is 18.5. The first-order valence-electron chi connectivity index (χ1n) is 27.6. The Morgan fingerprint density at radius 1 is 0.848 bits per heavy atom. The van der Waals surface area contributed by atoms with E-state index in [4.69, 9.17) is 14.2 Å².